The van der Waals surface area contributed by atoms with Crippen LogP contribution in [0, 0.1) is 17.3 Å². The fourth-order valence-corrected chi connectivity index (χ4v) is 1.16. The van der Waals surface area contributed by atoms with Crippen LogP contribution in [-0.2, 0) is 4.79 Å². The standard InChI is InChI=1S/C9H20N2O.C8H18/c1-7(2)8(3)11-9(12)5-4-6-10;1-6-8(4,5)7(2)3/h7-8H,4-6,10H2,1-3H3,(H,11,12);7H,6H2,1-5H3. The van der Waals surface area contributed by atoms with Crippen molar-refractivity contribution in [3.8, 4) is 0 Å². The van der Waals surface area contributed by atoms with Crippen molar-refractivity contribution >= 4 is 5.91 Å². The Bertz CT molecular complexity index is 247. The molecule has 0 bridgehead atoms. The summed E-state index contributed by atoms with van der Waals surface area (Å²) in [6.45, 7) is 18.2. The number of carbonyl (C=O) groups is 1. The number of nitrogens with two attached hydrogens (primary N) is 1. The number of carbonyl (C=O) groups excluding carboxylic acids is 1. The van der Waals surface area contributed by atoms with E-state index in [-0.39, 0.29) is 11.9 Å². The molecule has 0 saturated heterocycles. The van der Waals surface area contributed by atoms with Crippen LogP contribution in [0.1, 0.15) is 74.7 Å². The van der Waals surface area contributed by atoms with Gasteiger partial charge in [0.05, 0.1) is 0 Å². The molecule has 0 aromatic rings. The first kappa shape index (κ1) is 21.7. The first-order valence-corrected chi connectivity index (χ1v) is 8.07. The van der Waals surface area contributed by atoms with Gasteiger partial charge in [-0.15, -0.1) is 0 Å². The third-order valence-corrected chi connectivity index (χ3v) is 4.47. The van der Waals surface area contributed by atoms with Crippen molar-refractivity contribution in [3.05, 3.63) is 0 Å². The van der Waals surface area contributed by atoms with Crippen molar-refractivity contribution in [1.82, 2.24) is 5.32 Å². The summed E-state index contributed by atoms with van der Waals surface area (Å²) in [4.78, 5) is 11.2. The predicted octanol–water partition coefficient (Wildman–Crippen LogP) is 3.96. The highest BCUT2D eigenvalue weighted by Gasteiger charge is 2.18. The molecule has 0 aromatic carbocycles. The first-order chi connectivity index (χ1) is 9.08. The number of nitrogens with one attached hydrogen (secondary N) is 1. The average molecular weight is 287 g/mol. The fraction of sp³-hybridized carbons (Fsp3) is 0.941. The second kappa shape index (κ2) is 11.1. The minimum atomic E-state index is 0.113. The molecule has 0 radical (unpaired) electrons. The highest BCUT2D eigenvalue weighted by Crippen LogP contribution is 2.28. The van der Waals surface area contributed by atoms with E-state index >= 15 is 0 Å². The summed E-state index contributed by atoms with van der Waals surface area (Å²) in [5, 5.41) is 2.92. The zero-order chi connectivity index (χ0) is 16.3. The van der Waals surface area contributed by atoms with Gasteiger partial charge in [0.25, 0.3) is 0 Å². The molecule has 0 saturated carbocycles. The molecule has 3 nitrogen and oxygen atoms in total. The van der Waals surface area contributed by atoms with E-state index in [0.717, 1.165) is 12.3 Å². The van der Waals surface area contributed by atoms with Crippen LogP contribution < -0.4 is 11.1 Å². The molecule has 0 aliphatic carbocycles. The van der Waals surface area contributed by atoms with E-state index < -0.39 is 0 Å². The Balaban J connectivity index is 0. The van der Waals surface area contributed by atoms with Crippen LogP contribution in [0.25, 0.3) is 0 Å². The van der Waals surface area contributed by atoms with Gasteiger partial charge >= 0.3 is 0 Å². The van der Waals surface area contributed by atoms with Crippen LogP contribution >= 0.6 is 0 Å². The molecule has 1 unspecified atom stereocenters. The van der Waals surface area contributed by atoms with Gasteiger partial charge in [-0.1, -0.05) is 54.9 Å². The summed E-state index contributed by atoms with van der Waals surface area (Å²) in [6.07, 6.45) is 2.61. The van der Waals surface area contributed by atoms with Gasteiger partial charge in [0, 0.05) is 12.5 Å². The van der Waals surface area contributed by atoms with Gasteiger partial charge in [-0.2, -0.15) is 0 Å². The smallest absolute Gasteiger partial charge is 0.220 e. The second-order valence-electron chi connectivity index (χ2n) is 6.99. The van der Waals surface area contributed by atoms with Crippen LogP contribution in [-0.4, -0.2) is 18.5 Å². The largest absolute Gasteiger partial charge is 0.353 e. The number of amides is 1. The van der Waals surface area contributed by atoms with Crippen molar-refractivity contribution in [2.24, 2.45) is 23.0 Å². The van der Waals surface area contributed by atoms with E-state index in [0.29, 0.717) is 24.3 Å². The Hall–Kier alpha value is -0.570. The molecule has 3 N–H and O–H groups in total. The molecule has 0 aromatic heterocycles. The predicted molar refractivity (Wildman–Crippen MR) is 89.6 cm³/mol. The minimum Gasteiger partial charge on any atom is -0.353 e. The molecular weight excluding hydrogens is 248 g/mol. The topological polar surface area (TPSA) is 55.1 Å². The number of hydrogen-bond donors (Lipinski definition) is 2. The van der Waals surface area contributed by atoms with Gasteiger partial charge in [0.1, 0.15) is 0 Å². The lowest BCUT2D eigenvalue weighted by Gasteiger charge is -2.27. The Labute approximate surface area is 127 Å². The average Bonchev–Trinajstić information content (AvgIpc) is 2.36. The molecular formula is C17H38N2O. The molecule has 0 heterocycles. The van der Waals surface area contributed by atoms with Crippen LogP contribution in [0.15, 0.2) is 0 Å². The number of rotatable bonds is 7. The second-order valence-corrected chi connectivity index (χ2v) is 6.99. The fourth-order valence-electron chi connectivity index (χ4n) is 1.16. The third kappa shape index (κ3) is 11.3. The van der Waals surface area contributed by atoms with Crippen molar-refractivity contribution in [2.45, 2.75) is 80.7 Å². The van der Waals surface area contributed by atoms with Gasteiger partial charge in [0.2, 0.25) is 5.91 Å². The summed E-state index contributed by atoms with van der Waals surface area (Å²) < 4.78 is 0. The van der Waals surface area contributed by atoms with Gasteiger partial charge in [-0.3, -0.25) is 4.79 Å². The monoisotopic (exact) mass is 286 g/mol. The number of hydrogen-bond acceptors (Lipinski definition) is 2. The highest BCUT2D eigenvalue weighted by atomic mass is 16.1. The summed E-state index contributed by atoms with van der Waals surface area (Å²) in [7, 11) is 0. The van der Waals surface area contributed by atoms with Crippen molar-refractivity contribution in [3.63, 3.8) is 0 Å². The summed E-state index contributed by atoms with van der Waals surface area (Å²) in [6, 6.07) is 0.260. The van der Waals surface area contributed by atoms with E-state index in [4.69, 9.17) is 5.73 Å². The molecule has 0 fully saturated rings. The summed E-state index contributed by atoms with van der Waals surface area (Å²) in [5.41, 5.74) is 5.83. The van der Waals surface area contributed by atoms with E-state index in [1.807, 2.05) is 6.92 Å². The molecule has 1 amide bonds. The van der Waals surface area contributed by atoms with Gasteiger partial charge in [0.15, 0.2) is 0 Å². The normalized spacial score (nSPS) is 12.9. The molecule has 0 aliphatic rings. The molecule has 3 heteroatoms. The zero-order valence-electron chi connectivity index (χ0n) is 15.0. The first-order valence-electron chi connectivity index (χ1n) is 8.07. The SMILES string of the molecule is CC(C)C(C)NC(=O)CCCN.CCC(C)(C)C(C)C. The van der Waals surface area contributed by atoms with Crippen molar-refractivity contribution in [2.75, 3.05) is 6.54 Å². The van der Waals surface area contributed by atoms with E-state index in [1.165, 1.54) is 6.42 Å². The lowest BCUT2D eigenvalue weighted by atomic mass is 9.79. The Morgan fingerprint density at radius 1 is 1.15 bits per heavy atom. The highest BCUT2D eigenvalue weighted by molar-refractivity contribution is 5.76. The Morgan fingerprint density at radius 2 is 1.65 bits per heavy atom. The van der Waals surface area contributed by atoms with Crippen LogP contribution in [0.3, 0.4) is 0 Å². The molecule has 1 atom stereocenters. The van der Waals surface area contributed by atoms with Gasteiger partial charge in [-0.25, -0.2) is 0 Å². The van der Waals surface area contributed by atoms with Crippen LogP contribution in [0.2, 0.25) is 0 Å². The van der Waals surface area contributed by atoms with E-state index in [2.05, 4.69) is 53.8 Å². The molecule has 122 valence electrons. The maximum Gasteiger partial charge on any atom is 0.220 e. The quantitative estimate of drug-likeness (QED) is 0.744. The molecule has 0 spiro atoms. The van der Waals surface area contributed by atoms with Crippen LogP contribution in [0.4, 0.5) is 0 Å². The third-order valence-electron chi connectivity index (χ3n) is 4.47. The van der Waals surface area contributed by atoms with Gasteiger partial charge < -0.3 is 11.1 Å². The minimum absolute atomic E-state index is 0.113. The Morgan fingerprint density at radius 3 is 1.90 bits per heavy atom. The van der Waals surface area contributed by atoms with Crippen molar-refractivity contribution < 1.29 is 4.79 Å². The van der Waals surface area contributed by atoms with E-state index in [1.54, 1.807) is 0 Å². The molecule has 0 rings (SSSR count). The zero-order valence-corrected chi connectivity index (χ0v) is 15.0. The maximum absolute atomic E-state index is 11.2. The van der Waals surface area contributed by atoms with E-state index in [9.17, 15) is 4.79 Å². The van der Waals surface area contributed by atoms with Crippen molar-refractivity contribution in [1.29, 1.82) is 0 Å². The Kier molecular flexibility index (Phi) is 12.1. The molecule has 20 heavy (non-hydrogen) atoms. The lowest BCUT2D eigenvalue weighted by Crippen LogP contribution is -2.36. The summed E-state index contributed by atoms with van der Waals surface area (Å²) >= 11 is 0. The summed E-state index contributed by atoms with van der Waals surface area (Å²) in [5.74, 6) is 1.42. The molecule has 0 aliphatic heterocycles. The maximum atomic E-state index is 11.2. The van der Waals surface area contributed by atoms with Gasteiger partial charge in [-0.05, 0) is 37.1 Å². The lowest BCUT2D eigenvalue weighted by molar-refractivity contribution is -0.122. The van der Waals surface area contributed by atoms with Crippen LogP contribution in [0.5, 0.6) is 0 Å².